The Morgan fingerprint density at radius 2 is 1.93 bits per heavy atom. The van der Waals surface area contributed by atoms with Crippen LogP contribution in [0.25, 0.3) is 0 Å². The summed E-state index contributed by atoms with van der Waals surface area (Å²) in [6.45, 7) is -0.362. The molecule has 0 unspecified atom stereocenters. The maximum atomic E-state index is 9.51. The normalized spacial score (nSPS) is 41.0. The van der Waals surface area contributed by atoms with Crippen LogP contribution in [0.5, 0.6) is 0 Å². The standard InChI is InChI=1S/C8H17NO6/c10-2-1-9-3-5-6(12)7(13)8(14,4-11)15-5/h5-7,9-14H,1-4H2/t5-,6+,7-,8+/m0/s1. The lowest BCUT2D eigenvalue weighted by Gasteiger charge is -2.22. The Labute approximate surface area is 86.9 Å². The van der Waals surface area contributed by atoms with E-state index in [2.05, 4.69) is 5.32 Å². The van der Waals surface area contributed by atoms with Gasteiger partial charge in [0.2, 0.25) is 5.79 Å². The molecule has 1 aliphatic rings. The first kappa shape index (κ1) is 12.8. The van der Waals surface area contributed by atoms with Crippen molar-refractivity contribution in [2.75, 3.05) is 26.3 Å². The van der Waals surface area contributed by atoms with Crippen molar-refractivity contribution in [1.82, 2.24) is 5.32 Å². The third kappa shape index (κ3) is 2.64. The number of hydrogen-bond acceptors (Lipinski definition) is 7. The molecule has 90 valence electrons. The molecule has 7 heteroatoms. The molecular formula is C8H17NO6. The molecule has 4 atom stereocenters. The van der Waals surface area contributed by atoms with Crippen molar-refractivity contribution in [2.45, 2.75) is 24.1 Å². The van der Waals surface area contributed by atoms with Crippen molar-refractivity contribution in [2.24, 2.45) is 0 Å². The minimum atomic E-state index is -2.11. The van der Waals surface area contributed by atoms with Gasteiger partial charge in [-0.2, -0.15) is 0 Å². The van der Waals surface area contributed by atoms with Crippen LogP contribution in [0, 0.1) is 0 Å². The van der Waals surface area contributed by atoms with Crippen LogP contribution in [0.15, 0.2) is 0 Å². The molecule has 0 aromatic heterocycles. The summed E-state index contributed by atoms with van der Waals surface area (Å²) in [6, 6.07) is 0. The monoisotopic (exact) mass is 223 g/mol. The molecule has 0 aromatic carbocycles. The van der Waals surface area contributed by atoms with Crippen molar-refractivity contribution < 1.29 is 30.3 Å². The third-order valence-corrected chi connectivity index (χ3v) is 2.38. The molecule has 1 saturated heterocycles. The summed E-state index contributed by atoms with van der Waals surface area (Å²) in [6.07, 6.45) is -3.62. The fraction of sp³-hybridized carbons (Fsp3) is 1.00. The van der Waals surface area contributed by atoms with Crippen LogP contribution in [0.1, 0.15) is 0 Å². The van der Waals surface area contributed by atoms with E-state index in [-0.39, 0.29) is 13.2 Å². The number of aliphatic hydroxyl groups excluding tert-OH is 4. The van der Waals surface area contributed by atoms with Crippen molar-refractivity contribution in [3.63, 3.8) is 0 Å². The van der Waals surface area contributed by atoms with Gasteiger partial charge in [0.1, 0.15) is 18.3 Å². The van der Waals surface area contributed by atoms with Crippen molar-refractivity contribution in [3.05, 3.63) is 0 Å². The van der Waals surface area contributed by atoms with E-state index in [0.29, 0.717) is 6.54 Å². The molecule has 0 saturated carbocycles. The third-order valence-electron chi connectivity index (χ3n) is 2.38. The van der Waals surface area contributed by atoms with E-state index in [1.807, 2.05) is 0 Å². The highest BCUT2D eigenvalue weighted by molar-refractivity contribution is 4.95. The van der Waals surface area contributed by atoms with Crippen molar-refractivity contribution in [1.29, 1.82) is 0 Å². The summed E-state index contributed by atoms with van der Waals surface area (Å²) in [5.41, 5.74) is 0. The van der Waals surface area contributed by atoms with Crippen LogP contribution in [0.3, 0.4) is 0 Å². The average Bonchev–Trinajstić information content (AvgIpc) is 2.45. The summed E-state index contributed by atoms with van der Waals surface area (Å²) in [7, 11) is 0. The van der Waals surface area contributed by atoms with E-state index < -0.39 is 30.7 Å². The van der Waals surface area contributed by atoms with Gasteiger partial charge in [0.25, 0.3) is 0 Å². The number of rotatable bonds is 5. The van der Waals surface area contributed by atoms with Crippen LogP contribution in [0.4, 0.5) is 0 Å². The lowest BCUT2D eigenvalue weighted by atomic mass is 10.1. The highest BCUT2D eigenvalue weighted by Gasteiger charge is 2.52. The lowest BCUT2D eigenvalue weighted by Crippen LogP contribution is -2.46. The molecular weight excluding hydrogens is 206 g/mol. The van der Waals surface area contributed by atoms with Crippen LogP contribution >= 0.6 is 0 Å². The van der Waals surface area contributed by atoms with E-state index in [4.69, 9.17) is 14.9 Å². The SMILES string of the molecule is OCCNC[C@@H]1O[C@](O)(CO)[C@@H](O)[C@@H]1O. The Balaban J connectivity index is 2.48. The second kappa shape index (κ2) is 5.17. The molecule has 0 aliphatic carbocycles. The molecule has 0 bridgehead atoms. The summed E-state index contributed by atoms with van der Waals surface area (Å²) in [4.78, 5) is 0. The highest BCUT2D eigenvalue weighted by atomic mass is 16.7. The van der Waals surface area contributed by atoms with E-state index in [0.717, 1.165) is 0 Å². The van der Waals surface area contributed by atoms with Gasteiger partial charge in [0.15, 0.2) is 0 Å². The molecule has 0 aromatic rings. The first-order valence-electron chi connectivity index (χ1n) is 4.74. The molecule has 7 nitrogen and oxygen atoms in total. The second-order valence-corrected chi connectivity index (χ2v) is 3.52. The smallest absolute Gasteiger partial charge is 0.219 e. The van der Waals surface area contributed by atoms with Gasteiger partial charge in [-0.3, -0.25) is 0 Å². The Kier molecular flexibility index (Phi) is 4.41. The zero-order valence-electron chi connectivity index (χ0n) is 8.20. The van der Waals surface area contributed by atoms with Crippen molar-refractivity contribution in [3.8, 4) is 0 Å². The van der Waals surface area contributed by atoms with Gasteiger partial charge >= 0.3 is 0 Å². The first-order valence-corrected chi connectivity index (χ1v) is 4.74. The minimum absolute atomic E-state index is 0.0599. The van der Waals surface area contributed by atoms with Gasteiger partial charge in [-0.05, 0) is 0 Å². The average molecular weight is 223 g/mol. The predicted octanol–water partition coefficient (Wildman–Crippen LogP) is -3.63. The van der Waals surface area contributed by atoms with Crippen molar-refractivity contribution >= 4 is 0 Å². The fourth-order valence-corrected chi connectivity index (χ4v) is 1.49. The largest absolute Gasteiger partial charge is 0.395 e. The summed E-state index contributed by atoms with van der Waals surface area (Å²) in [5, 5.41) is 48.4. The fourth-order valence-electron chi connectivity index (χ4n) is 1.49. The van der Waals surface area contributed by atoms with E-state index >= 15 is 0 Å². The molecule has 0 spiro atoms. The first-order chi connectivity index (χ1) is 7.05. The molecule has 1 rings (SSSR count). The molecule has 1 aliphatic heterocycles. The molecule has 0 radical (unpaired) electrons. The molecule has 0 amide bonds. The highest BCUT2D eigenvalue weighted by Crippen LogP contribution is 2.28. The molecule has 1 heterocycles. The van der Waals surface area contributed by atoms with Gasteiger partial charge in [-0.1, -0.05) is 0 Å². The Morgan fingerprint density at radius 1 is 1.27 bits per heavy atom. The summed E-state index contributed by atoms with van der Waals surface area (Å²) >= 11 is 0. The maximum Gasteiger partial charge on any atom is 0.219 e. The van der Waals surface area contributed by atoms with Gasteiger partial charge < -0.3 is 35.6 Å². The van der Waals surface area contributed by atoms with Crippen LogP contribution in [-0.2, 0) is 4.74 Å². The zero-order chi connectivity index (χ0) is 11.5. The lowest BCUT2D eigenvalue weighted by molar-refractivity contribution is -0.245. The number of hydrogen-bond donors (Lipinski definition) is 6. The Morgan fingerprint density at radius 3 is 2.40 bits per heavy atom. The second-order valence-electron chi connectivity index (χ2n) is 3.52. The van der Waals surface area contributed by atoms with Crippen LogP contribution in [-0.4, -0.2) is 75.9 Å². The Bertz CT molecular complexity index is 204. The van der Waals surface area contributed by atoms with Gasteiger partial charge in [-0.25, -0.2) is 0 Å². The van der Waals surface area contributed by atoms with Crippen LogP contribution < -0.4 is 5.32 Å². The van der Waals surface area contributed by atoms with Gasteiger partial charge in [0, 0.05) is 13.1 Å². The number of aliphatic hydroxyl groups is 5. The maximum absolute atomic E-state index is 9.51. The van der Waals surface area contributed by atoms with Crippen LogP contribution in [0.2, 0.25) is 0 Å². The number of nitrogens with one attached hydrogen (secondary N) is 1. The summed E-state index contributed by atoms with van der Waals surface area (Å²) < 4.78 is 4.93. The number of ether oxygens (including phenoxy) is 1. The zero-order valence-corrected chi connectivity index (χ0v) is 8.20. The van der Waals surface area contributed by atoms with E-state index in [9.17, 15) is 15.3 Å². The minimum Gasteiger partial charge on any atom is -0.395 e. The Hall–Kier alpha value is -0.280. The van der Waals surface area contributed by atoms with Gasteiger partial charge in [0.05, 0.1) is 13.2 Å². The van der Waals surface area contributed by atoms with Gasteiger partial charge in [-0.15, -0.1) is 0 Å². The topological polar surface area (TPSA) is 122 Å². The quantitative estimate of drug-likeness (QED) is 0.266. The molecule has 6 N–H and O–H groups in total. The predicted molar refractivity (Wildman–Crippen MR) is 48.9 cm³/mol. The summed E-state index contributed by atoms with van der Waals surface area (Å²) in [5.74, 6) is -2.11. The molecule has 15 heavy (non-hydrogen) atoms. The van der Waals surface area contributed by atoms with E-state index in [1.54, 1.807) is 0 Å². The molecule has 1 fully saturated rings. The van der Waals surface area contributed by atoms with E-state index in [1.165, 1.54) is 0 Å².